The Morgan fingerprint density at radius 2 is 1.89 bits per heavy atom. The standard InChI is InChI=1S/C13H29N3O2S/c1-4-14-8-5-11-19(17,18)16-9-6-13(7-10-16)12-15(2)3/h13-14H,4-12H2,1-3H3. The average molecular weight is 291 g/mol. The van der Waals surface area contributed by atoms with Crippen molar-refractivity contribution in [3.8, 4) is 0 Å². The van der Waals surface area contributed by atoms with Gasteiger partial charge < -0.3 is 10.2 Å². The SMILES string of the molecule is CCNCCCS(=O)(=O)N1CCC(CN(C)C)CC1. The van der Waals surface area contributed by atoms with E-state index in [0.717, 1.165) is 32.5 Å². The number of hydrogen-bond donors (Lipinski definition) is 1. The maximum absolute atomic E-state index is 12.2. The highest BCUT2D eigenvalue weighted by atomic mass is 32.2. The smallest absolute Gasteiger partial charge is 0.214 e. The fraction of sp³-hybridized carbons (Fsp3) is 1.00. The third-order valence-electron chi connectivity index (χ3n) is 3.60. The lowest BCUT2D eigenvalue weighted by molar-refractivity contribution is 0.225. The van der Waals surface area contributed by atoms with Gasteiger partial charge in [0.2, 0.25) is 10.0 Å². The third kappa shape index (κ3) is 6.21. The summed E-state index contributed by atoms with van der Waals surface area (Å²) in [4.78, 5) is 2.19. The van der Waals surface area contributed by atoms with E-state index in [1.54, 1.807) is 4.31 Å². The highest BCUT2D eigenvalue weighted by Gasteiger charge is 2.27. The fourth-order valence-electron chi connectivity index (χ4n) is 2.57. The van der Waals surface area contributed by atoms with Gasteiger partial charge in [0.25, 0.3) is 0 Å². The van der Waals surface area contributed by atoms with Crippen LogP contribution in [0.25, 0.3) is 0 Å². The first-order valence-electron chi connectivity index (χ1n) is 7.29. The quantitative estimate of drug-likeness (QED) is 0.665. The molecule has 1 fully saturated rings. The van der Waals surface area contributed by atoms with Crippen molar-refractivity contribution in [1.82, 2.24) is 14.5 Å². The van der Waals surface area contributed by atoms with Crippen LogP contribution in [0.4, 0.5) is 0 Å². The second-order valence-corrected chi connectivity index (χ2v) is 7.72. The van der Waals surface area contributed by atoms with Gasteiger partial charge in [-0.1, -0.05) is 6.92 Å². The number of piperidine rings is 1. The molecule has 0 aromatic heterocycles. The van der Waals surface area contributed by atoms with Crippen LogP contribution in [0.15, 0.2) is 0 Å². The van der Waals surface area contributed by atoms with E-state index in [2.05, 4.69) is 24.3 Å². The summed E-state index contributed by atoms with van der Waals surface area (Å²) in [5.41, 5.74) is 0. The first-order chi connectivity index (χ1) is 8.95. The van der Waals surface area contributed by atoms with Gasteiger partial charge in [-0.05, 0) is 52.4 Å². The van der Waals surface area contributed by atoms with Crippen molar-refractivity contribution in [2.75, 3.05) is 52.6 Å². The van der Waals surface area contributed by atoms with Crippen LogP contribution in [0.1, 0.15) is 26.2 Å². The lowest BCUT2D eigenvalue weighted by Gasteiger charge is -2.32. The zero-order valence-electron chi connectivity index (χ0n) is 12.6. The Hall–Kier alpha value is -0.170. The van der Waals surface area contributed by atoms with Crippen LogP contribution in [0.2, 0.25) is 0 Å². The predicted octanol–water partition coefficient (Wildman–Crippen LogP) is 0.589. The molecule has 114 valence electrons. The van der Waals surface area contributed by atoms with Crippen LogP contribution >= 0.6 is 0 Å². The molecule has 0 bridgehead atoms. The molecule has 0 aromatic rings. The molecule has 0 aliphatic carbocycles. The summed E-state index contributed by atoms with van der Waals surface area (Å²) in [6.07, 6.45) is 2.68. The Labute approximate surface area is 118 Å². The van der Waals surface area contributed by atoms with Crippen molar-refractivity contribution in [2.45, 2.75) is 26.2 Å². The Bertz CT molecular complexity index is 336. The molecule has 1 aliphatic rings. The van der Waals surface area contributed by atoms with E-state index in [1.807, 2.05) is 6.92 Å². The van der Waals surface area contributed by atoms with E-state index in [1.165, 1.54) is 0 Å². The van der Waals surface area contributed by atoms with Crippen LogP contribution in [0, 0.1) is 5.92 Å². The molecule has 0 unspecified atom stereocenters. The molecule has 1 rings (SSSR count). The zero-order valence-corrected chi connectivity index (χ0v) is 13.4. The van der Waals surface area contributed by atoms with Crippen LogP contribution in [-0.2, 0) is 10.0 Å². The molecule has 0 amide bonds. The monoisotopic (exact) mass is 291 g/mol. The highest BCUT2D eigenvalue weighted by Crippen LogP contribution is 2.20. The minimum Gasteiger partial charge on any atom is -0.317 e. The predicted molar refractivity (Wildman–Crippen MR) is 79.8 cm³/mol. The van der Waals surface area contributed by atoms with Gasteiger partial charge in [-0.25, -0.2) is 12.7 Å². The number of rotatable bonds is 8. The lowest BCUT2D eigenvalue weighted by atomic mass is 9.98. The zero-order chi connectivity index (χ0) is 14.3. The summed E-state index contributed by atoms with van der Waals surface area (Å²) in [7, 11) is 1.11. The fourth-order valence-corrected chi connectivity index (χ4v) is 4.11. The molecule has 19 heavy (non-hydrogen) atoms. The maximum Gasteiger partial charge on any atom is 0.214 e. The van der Waals surface area contributed by atoms with Crippen molar-refractivity contribution in [1.29, 1.82) is 0 Å². The normalized spacial score (nSPS) is 19.2. The molecule has 0 radical (unpaired) electrons. The van der Waals surface area contributed by atoms with Crippen molar-refractivity contribution >= 4 is 10.0 Å². The van der Waals surface area contributed by atoms with Crippen molar-refractivity contribution in [2.24, 2.45) is 5.92 Å². The molecule has 1 saturated heterocycles. The molecule has 0 aromatic carbocycles. The molecule has 1 heterocycles. The number of nitrogens with one attached hydrogen (secondary N) is 1. The average Bonchev–Trinajstić information content (AvgIpc) is 2.35. The van der Waals surface area contributed by atoms with Gasteiger partial charge in [-0.2, -0.15) is 0 Å². The van der Waals surface area contributed by atoms with Crippen molar-refractivity contribution in [3.05, 3.63) is 0 Å². The maximum atomic E-state index is 12.2. The highest BCUT2D eigenvalue weighted by molar-refractivity contribution is 7.89. The largest absolute Gasteiger partial charge is 0.317 e. The summed E-state index contributed by atoms with van der Waals surface area (Å²) < 4.78 is 26.0. The molecule has 0 atom stereocenters. The molecular formula is C13H29N3O2S. The minimum atomic E-state index is -3.04. The second kappa shape index (κ2) is 8.19. The van der Waals surface area contributed by atoms with Crippen LogP contribution < -0.4 is 5.32 Å². The van der Waals surface area contributed by atoms with Crippen LogP contribution in [-0.4, -0.2) is 70.2 Å². The summed E-state index contributed by atoms with van der Waals surface area (Å²) in [5.74, 6) is 0.918. The molecule has 0 spiro atoms. The topological polar surface area (TPSA) is 52.7 Å². The molecule has 5 nitrogen and oxygen atoms in total. The van der Waals surface area contributed by atoms with Crippen molar-refractivity contribution < 1.29 is 8.42 Å². The Balaban J connectivity index is 2.32. The molecular weight excluding hydrogens is 262 g/mol. The van der Waals surface area contributed by atoms with Crippen molar-refractivity contribution in [3.63, 3.8) is 0 Å². The molecule has 1 aliphatic heterocycles. The molecule has 6 heteroatoms. The minimum absolute atomic E-state index is 0.276. The van der Waals surface area contributed by atoms with E-state index in [-0.39, 0.29) is 5.75 Å². The first-order valence-corrected chi connectivity index (χ1v) is 8.90. The molecule has 1 N–H and O–H groups in total. The van der Waals surface area contributed by atoms with E-state index in [4.69, 9.17) is 0 Å². The second-order valence-electron chi connectivity index (χ2n) is 5.63. The Morgan fingerprint density at radius 1 is 1.26 bits per heavy atom. The summed E-state index contributed by atoms with van der Waals surface area (Å²) in [6, 6.07) is 0. The number of hydrogen-bond acceptors (Lipinski definition) is 4. The number of sulfonamides is 1. The summed E-state index contributed by atoms with van der Waals surface area (Å²) in [6.45, 7) is 6.17. The van der Waals surface area contributed by atoms with E-state index in [0.29, 0.717) is 25.4 Å². The van der Waals surface area contributed by atoms with Gasteiger partial charge >= 0.3 is 0 Å². The van der Waals surface area contributed by atoms with Gasteiger partial charge in [0.1, 0.15) is 0 Å². The van der Waals surface area contributed by atoms with Gasteiger partial charge in [0.15, 0.2) is 0 Å². The Kier molecular flexibility index (Phi) is 7.28. The first kappa shape index (κ1) is 16.9. The van der Waals surface area contributed by atoms with E-state index < -0.39 is 10.0 Å². The Morgan fingerprint density at radius 3 is 2.42 bits per heavy atom. The van der Waals surface area contributed by atoms with Gasteiger partial charge in [0, 0.05) is 19.6 Å². The summed E-state index contributed by atoms with van der Waals surface area (Å²) >= 11 is 0. The summed E-state index contributed by atoms with van der Waals surface area (Å²) in [5, 5.41) is 3.16. The van der Waals surface area contributed by atoms with Gasteiger partial charge in [-0.3, -0.25) is 0 Å². The molecule has 0 saturated carbocycles. The van der Waals surface area contributed by atoms with Crippen LogP contribution in [0.3, 0.4) is 0 Å². The van der Waals surface area contributed by atoms with E-state index >= 15 is 0 Å². The van der Waals surface area contributed by atoms with E-state index in [9.17, 15) is 8.42 Å². The number of nitrogens with zero attached hydrogens (tertiary/aromatic N) is 2. The third-order valence-corrected chi connectivity index (χ3v) is 5.55. The van der Waals surface area contributed by atoms with Gasteiger partial charge in [-0.15, -0.1) is 0 Å². The van der Waals surface area contributed by atoms with Crippen LogP contribution in [0.5, 0.6) is 0 Å². The van der Waals surface area contributed by atoms with Gasteiger partial charge in [0.05, 0.1) is 5.75 Å². The lowest BCUT2D eigenvalue weighted by Crippen LogP contribution is -2.41.